The number of rotatable bonds is 11. The van der Waals surface area contributed by atoms with E-state index < -0.39 is 17.7 Å². The van der Waals surface area contributed by atoms with Crippen molar-refractivity contribution in [1.82, 2.24) is 20.6 Å². The van der Waals surface area contributed by atoms with Crippen LogP contribution in [-0.4, -0.2) is 62.8 Å². The monoisotopic (exact) mass is 581 g/mol. The van der Waals surface area contributed by atoms with E-state index in [4.69, 9.17) is 5.11 Å². The van der Waals surface area contributed by atoms with Crippen LogP contribution >= 0.6 is 0 Å². The Balaban J connectivity index is 1.33. The lowest BCUT2D eigenvalue weighted by Gasteiger charge is -2.29. The maximum atomic E-state index is 14.0. The first kappa shape index (κ1) is 30.2. The molecule has 1 aliphatic rings. The number of nitrogens with one attached hydrogen (secondary N) is 3. The van der Waals surface area contributed by atoms with Crippen LogP contribution < -0.4 is 15.5 Å². The fraction of sp³-hybridized carbons (Fsp3) is 0.324. The van der Waals surface area contributed by atoms with Gasteiger partial charge in [0.2, 0.25) is 11.8 Å². The van der Waals surface area contributed by atoms with E-state index in [1.165, 1.54) is 0 Å². The highest BCUT2D eigenvalue weighted by Gasteiger charge is 2.32. The van der Waals surface area contributed by atoms with Gasteiger partial charge >= 0.3 is 0 Å². The van der Waals surface area contributed by atoms with Gasteiger partial charge in [0.25, 0.3) is 0 Å². The number of benzene rings is 3. The molecule has 0 saturated heterocycles. The highest BCUT2D eigenvalue weighted by atomic mass is 16.3. The van der Waals surface area contributed by atoms with E-state index in [0.29, 0.717) is 19.4 Å². The lowest BCUT2D eigenvalue weighted by atomic mass is 9.97. The van der Waals surface area contributed by atoms with Crippen molar-refractivity contribution in [3.63, 3.8) is 0 Å². The molecule has 9 heteroatoms. The number of nitrogens with zero attached hydrogens (tertiary/aromatic N) is 2. The van der Waals surface area contributed by atoms with E-state index in [9.17, 15) is 14.7 Å². The molecule has 1 aliphatic heterocycles. The number of aliphatic hydroxyl groups is 2. The van der Waals surface area contributed by atoms with Crippen LogP contribution in [0.5, 0.6) is 0 Å². The molecule has 4 aromatic rings. The minimum Gasteiger partial charge on any atom is -0.394 e. The third kappa shape index (κ3) is 7.37. The Labute approximate surface area is 252 Å². The van der Waals surface area contributed by atoms with E-state index in [1.54, 1.807) is 11.2 Å². The van der Waals surface area contributed by atoms with Crippen molar-refractivity contribution in [3.8, 4) is 22.4 Å². The molecule has 0 bridgehead atoms. The summed E-state index contributed by atoms with van der Waals surface area (Å²) in [7, 11) is 0. The first-order valence-corrected chi connectivity index (χ1v) is 14.6. The molecule has 9 nitrogen and oxygen atoms in total. The number of aliphatic hydroxyl groups excluding tert-OH is 2. The third-order valence-electron chi connectivity index (χ3n) is 7.82. The van der Waals surface area contributed by atoms with E-state index in [2.05, 4.69) is 44.9 Å². The highest BCUT2D eigenvalue weighted by Crippen LogP contribution is 2.32. The Hall–Kier alpha value is -4.31. The first-order valence-electron chi connectivity index (χ1n) is 14.6. The van der Waals surface area contributed by atoms with Gasteiger partial charge in [-0.3, -0.25) is 9.59 Å². The molecule has 2 atom stereocenters. The van der Waals surface area contributed by atoms with Gasteiger partial charge in [-0.2, -0.15) is 0 Å². The fourth-order valence-electron chi connectivity index (χ4n) is 5.52. The van der Waals surface area contributed by atoms with Crippen molar-refractivity contribution in [1.29, 1.82) is 0 Å². The standard InChI is InChI=1S/C34H39N5O4/c1-34(2,37-18-26(41)21-40)17-32(42)38-29-16-15-25-7-3-6-10-31(25)39(33(29)43)20-23-11-13-24(14-12-23)27-8-4-5-9-28(27)30-19-35-22-36-30/h3-14,19,22,26,29,37,40-41H,15-18,20-21H2,1-2H3,(H,35,36)(H,38,42)/t26-,29+/m0/s1. The Morgan fingerprint density at radius 3 is 2.51 bits per heavy atom. The minimum absolute atomic E-state index is 0.114. The fourth-order valence-corrected chi connectivity index (χ4v) is 5.52. The average Bonchev–Trinajstić information content (AvgIpc) is 3.52. The van der Waals surface area contributed by atoms with Gasteiger partial charge in [0.15, 0.2) is 0 Å². The number of fused-ring (bicyclic) bond motifs is 1. The second kappa shape index (κ2) is 13.3. The molecule has 5 rings (SSSR count). The van der Waals surface area contributed by atoms with Crippen LogP contribution in [0.15, 0.2) is 85.3 Å². The molecule has 0 fully saturated rings. The van der Waals surface area contributed by atoms with Gasteiger partial charge in [-0.15, -0.1) is 0 Å². The third-order valence-corrected chi connectivity index (χ3v) is 7.82. The van der Waals surface area contributed by atoms with Gasteiger partial charge in [0.05, 0.1) is 31.3 Å². The molecule has 2 heterocycles. The topological polar surface area (TPSA) is 131 Å². The van der Waals surface area contributed by atoms with Gasteiger partial charge in [-0.1, -0.05) is 66.7 Å². The van der Waals surface area contributed by atoms with Gasteiger partial charge < -0.3 is 30.7 Å². The molecule has 1 aromatic heterocycles. The summed E-state index contributed by atoms with van der Waals surface area (Å²) in [6.45, 7) is 3.88. The van der Waals surface area contributed by atoms with Crippen molar-refractivity contribution in [3.05, 3.63) is 96.4 Å². The number of carbonyl (C=O) groups excluding carboxylic acids is 2. The van der Waals surface area contributed by atoms with E-state index in [1.807, 2.05) is 68.6 Å². The molecule has 2 amide bonds. The molecule has 3 aromatic carbocycles. The quantitative estimate of drug-likeness (QED) is 0.183. The molecule has 224 valence electrons. The first-order chi connectivity index (χ1) is 20.7. The zero-order chi connectivity index (χ0) is 30.4. The summed E-state index contributed by atoms with van der Waals surface area (Å²) in [6, 6.07) is 23.6. The number of aryl methyl sites for hydroxylation is 1. The average molecular weight is 582 g/mol. The molecule has 0 aliphatic carbocycles. The van der Waals surface area contributed by atoms with Crippen LogP contribution in [0.3, 0.4) is 0 Å². The predicted molar refractivity (Wildman–Crippen MR) is 167 cm³/mol. The van der Waals surface area contributed by atoms with E-state index in [-0.39, 0.29) is 31.4 Å². The van der Waals surface area contributed by atoms with Crippen LogP contribution in [0.2, 0.25) is 0 Å². The summed E-state index contributed by atoms with van der Waals surface area (Å²) in [6.07, 6.45) is 3.92. The molecule has 5 N–H and O–H groups in total. The Kier molecular flexibility index (Phi) is 9.35. The van der Waals surface area contributed by atoms with Gasteiger partial charge in [0, 0.05) is 36.0 Å². The minimum atomic E-state index is -0.905. The number of carbonyl (C=O) groups is 2. The smallest absolute Gasteiger partial charge is 0.249 e. The number of anilines is 1. The summed E-state index contributed by atoms with van der Waals surface area (Å²) in [5.74, 6) is -0.395. The molecule has 0 radical (unpaired) electrons. The van der Waals surface area contributed by atoms with E-state index in [0.717, 1.165) is 39.2 Å². The van der Waals surface area contributed by atoms with Crippen molar-refractivity contribution in [2.75, 3.05) is 18.1 Å². The number of hydrogen-bond donors (Lipinski definition) is 5. The van der Waals surface area contributed by atoms with Crippen LogP contribution in [0.1, 0.15) is 37.8 Å². The Morgan fingerprint density at radius 2 is 1.79 bits per heavy atom. The van der Waals surface area contributed by atoms with Crippen LogP contribution in [-0.2, 0) is 22.6 Å². The zero-order valence-corrected chi connectivity index (χ0v) is 24.6. The lowest BCUT2D eigenvalue weighted by molar-refractivity contribution is -0.128. The van der Waals surface area contributed by atoms with Crippen molar-refractivity contribution in [2.45, 2.75) is 57.3 Å². The summed E-state index contributed by atoms with van der Waals surface area (Å²) < 4.78 is 0. The number of amides is 2. The van der Waals surface area contributed by atoms with Crippen molar-refractivity contribution < 1.29 is 19.8 Å². The number of aromatic amines is 1. The second-order valence-corrected chi connectivity index (χ2v) is 11.7. The number of aromatic nitrogens is 2. The van der Waals surface area contributed by atoms with Crippen LogP contribution in [0.25, 0.3) is 22.4 Å². The second-order valence-electron chi connectivity index (χ2n) is 11.7. The van der Waals surface area contributed by atoms with Crippen LogP contribution in [0, 0.1) is 0 Å². The molecule has 43 heavy (non-hydrogen) atoms. The zero-order valence-electron chi connectivity index (χ0n) is 24.6. The number of H-pyrrole nitrogens is 1. The normalized spacial score (nSPS) is 16.0. The summed E-state index contributed by atoms with van der Waals surface area (Å²) in [5.41, 5.74) is 6.31. The van der Waals surface area contributed by atoms with Crippen molar-refractivity contribution >= 4 is 17.5 Å². The van der Waals surface area contributed by atoms with Gasteiger partial charge in [0.1, 0.15) is 6.04 Å². The van der Waals surface area contributed by atoms with Crippen molar-refractivity contribution in [2.24, 2.45) is 0 Å². The number of imidazole rings is 1. The number of β-amino-alcohol motifs (C(OH)–C–C–N with tert-alkyl or cyclic N) is 1. The Bertz CT molecular complexity index is 1530. The molecular weight excluding hydrogens is 542 g/mol. The highest BCUT2D eigenvalue weighted by molar-refractivity contribution is 6.00. The number of para-hydroxylation sites is 1. The lowest BCUT2D eigenvalue weighted by Crippen LogP contribution is -2.51. The SMILES string of the molecule is CC(C)(CC(=O)N[C@@H]1CCc2ccccc2N(Cc2ccc(-c3ccccc3-c3c[nH]cn3)cc2)C1=O)NC[C@H](O)CO. The van der Waals surface area contributed by atoms with Gasteiger partial charge in [-0.25, -0.2) is 4.98 Å². The Morgan fingerprint density at radius 1 is 1.07 bits per heavy atom. The largest absolute Gasteiger partial charge is 0.394 e. The van der Waals surface area contributed by atoms with E-state index >= 15 is 0 Å². The molecule has 0 unspecified atom stereocenters. The maximum absolute atomic E-state index is 14.0. The number of hydrogen-bond acceptors (Lipinski definition) is 6. The molecule has 0 saturated carbocycles. The molecule has 0 spiro atoms. The summed E-state index contributed by atoms with van der Waals surface area (Å²) >= 11 is 0. The maximum Gasteiger partial charge on any atom is 0.249 e. The van der Waals surface area contributed by atoms with Crippen LogP contribution in [0.4, 0.5) is 5.69 Å². The van der Waals surface area contributed by atoms with Gasteiger partial charge in [-0.05, 0) is 55.0 Å². The molecular formula is C34H39N5O4. The summed E-state index contributed by atoms with van der Waals surface area (Å²) in [4.78, 5) is 36.3. The predicted octanol–water partition coefficient (Wildman–Crippen LogP) is 3.82. The summed E-state index contributed by atoms with van der Waals surface area (Å²) in [5, 5.41) is 24.9.